The van der Waals surface area contributed by atoms with Crippen molar-refractivity contribution in [2.24, 2.45) is 5.92 Å². The Hall–Kier alpha value is -1.77. The molecule has 2 aromatic rings. The summed E-state index contributed by atoms with van der Waals surface area (Å²) in [4.78, 5) is -1.15. The monoisotopic (exact) mass is 402 g/mol. The van der Waals surface area contributed by atoms with Crippen molar-refractivity contribution in [3.63, 3.8) is 0 Å². The topological polar surface area (TPSA) is 74.4 Å². The molecule has 28 heavy (non-hydrogen) atoms. The zero-order valence-corrected chi connectivity index (χ0v) is 16.1. The molecule has 2 aliphatic heterocycles. The first-order valence-corrected chi connectivity index (χ1v) is 10.9. The van der Waals surface area contributed by atoms with Crippen LogP contribution in [0.25, 0.3) is 0 Å². The van der Waals surface area contributed by atoms with Crippen LogP contribution in [0.4, 0.5) is 0 Å². The summed E-state index contributed by atoms with van der Waals surface area (Å²) in [5.74, 6) is 0.0566. The van der Waals surface area contributed by atoms with Crippen LogP contribution in [0.2, 0.25) is 0 Å². The van der Waals surface area contributed by atoms with Crippen LogP contribution in [-0.2, 0) is 35.4 Å². The van der Waals surface area contributed by atoms with Gasteiger partial charge >= 0.3 is 0 Å². The molecule has 0 unspecified atom stereocenters. The molecule has 0 spiro atoms. The molecule has 0 radical (unpaired) electrons. The second-order valence-electron chi connectivity index (χ2n) is 7.48. The zero-order chi connectivity index (χ0) is 19.2. The van der Waals surface area contributed by atoms with Gasteiger partial charge in [0, 0.05) is 5.92 Å². The Morgan fingerprint density at radius 2 is 1.75 bits per heavy atom. The summed E-state index contributed by atoms with van der Waals surface area (Å²) in [5.41, 5.74) is 0.973. The molecular weight excluding hydrogens is 380 g/mol. The fourth-order valence-corrected chi connectivity index (χ4v) is 6.47. The van der Waals surface area contributed by atoms with Gasteiger partial charge in [-0.2, -0.15) is 0 Å². The molecule has 148 valence electrons. The van der Waals surface area contributed by atoms with Gasteiger partial charge < -0.3 is 18.9 Å². The van der Waals surface area contributed by atoms with Crippen molar-refractivity contribution in [2.75, 3.05) is 13.4 Å². The van der Waals surface area contributed by atoms with Crippen molar-refractivity contribution in [2.45, 2.75) is 41.2 Å². The molecule has 5 rings (SSSR count). The SMILES string of the molecule is O=S(=O)(c1ccccc1)[C@]12O[C@H]1C[C@@H]1COCO[C@H]1[C@@H]2OCc1ccccc1. The molecule has 2 heterocycles. The predicted molar refractivity (Wildman–Crippen MR) is 100 cm³/mol. The third-order valence-corrected chi connectivity index (χ3v) is 8.14. The van der Waals surface area contributed by atoms with Crippen LogP contribution in [0.1, 0.15) is 12.0 Å². The van der Waals surface area contributed by atoms with E-state index >= 15 is 0 Å². The molecule has 1 saturated carbocycles. The number of ether oxygens (including phenoxy) is 4. The third kappa shape index (κ3) is 2.81. The van der Waals surface area contributed by atoms with Gasteiger partial charge in [-0.1, -0.05) is 48.5 Å². The highest BCUT2D eigenvalue weighted by Crippen LogP contribution is 2.57. The molecule has 1 aliphatic carbocycles. The van der Waals surface area contributed by atoms with E-state index in [1.54, 1.807) is 30.3 Å². The van der Waals surface area contributed by atoms with Crippen molar-refractivity contribution < 1.29 is 27.4 Å². The van der Waals surface area contributed by atoms with Crippen LogP contribution in [0, 0.1) is 5.92 Å². The van der Waals surface area contributed by atoms with Gasteiger partial charge in [-0.15, -0.1) is 0 Å². The number of hydrogen-bond donors (Lipinski definition) is 0. The Morgan fingerprint density at radius 1 is 1.04 bits per heavy atom. The largest absolute Gasteiger partial charge is 0.367 e. The number of sulfone groups is 1. The van der Waals surface area contributed by atoms with E-state index in [9.17, 15) is 8.42 Å². The van der Waals surface area contributed by atoms with E-state index in [-0.39, 0.29) is 23.7 Å². The Morgan fingerprint density at radius 3 is 2.50 bits per heavy atom. The van der Waals surface area contributed by atoms with Crippen molar-refractivity contribution in [3.05, 3.63) is 66.2 Å². The Balaban J connectivity index is 1.50. The number of benzene rings is 2. The van der Waals surface area contributed by atoms with E-state index in [1.165, 1.54) is 0 Å². The summed E-state index contributed by atoms with van der Waals surface area (Å²) < 4.78 is 50.5. The molecule has 3 fully saturated rings. The second kappa shape index (κ2) is 6.93. The van der Waals surface area contributed by atoms with Crippen molar-refractivity contribution in [1.29, 1.82) is 0 Å². The molecule has 0 bridgehead atoms. The summed E-state index contributed by atoms with van der Waals surface area (Å²) >= 11 is 0. The van der Waals surface area contributed by atoms with E-state index < -0.39 is 27.0 Å². The van der Waals surface area contributed by atoms with Gasteiger partial charge in [-0.3, -0.25) is 0 Å². The zero-order valence-electron chi connectivity index (χ0n) is 15.3. The van der Waals surface area contributed by atoms with Crippen LogP contribution in [0.15, 0.2) is 65.6 Å². The fraction of sp³-hybridized carbons (Fsp3) is 0.429. The summed E-state index contributed by atoms with van der Waals surface area (Å²) in [7, 11) is -3.76. The maximum Gasteiger partial charge on any atom is 0.228 e. The highest BCUT2D eigenvalue weighted by molar-refractivity contribution is 7.93. The normalized spacial score (nSPS) is 34.3. The molecule has 0 aromatic heterocycles. The lowest BCUT2D eigenvalue weighted by Crippen LogP contribution is -2.58. The smallest absolute Gasteiger partial charge is 0.228 e. The van der Waals surface area contributed by atoms with Gasteiger partial charge in [-0.05, 0) is 24.1 Å². The number of rotatable bonds is 5. The van der Waals surface area contributed by atoms with E-state index in [2.05, 4.69) is 0 Å². The molecule has 2 aromatic carbocycles. The predicted octanol–water partition coefficient (Wildman–Crippen LogP) is 2.53. The molecule has 3 aliphatic rings. The number of fused-ring (bicyclic) bond motifs is 2. The molecule has 0 amide bonds. The summed E-state index contributed by atoms with van der Waals surface area (Å²) in [5, 5.41) is 0. The fourth-order valence-electron chi connectivity index (χ4n) is 4.39. The minimum Gasteiger partial charge on any atom is -0.367 e. The number of epoxide rings is 1. The average Bonchev–Trinajstić information content (AvgIpc) is 3.48. The van der Waals surface area contributed by atoms with Gasteiger partial charge in [0.15, 0.2) is 0 Å². The maximum atomic E-state index is 13.6. The summed E-state index contributed by atoms with van der Waals surface area (Å²) in [6, 6.07) is 18.1. The standard InChI is InChI=1S/C21H22O6S/c22-28(23,17-9-5-2-6-10-17)21-18(27-21)11-16-13-24-14-26-19(16)20(21)25-12-15-7-3-1-4-8-15/h1-10,16,18-20H,11-14H2/t16-,18+,19-,20+,21-/m1/s1. The van der Waals surface area contributed by atoms with E-state index in [1.807, 2.05) is 30.3 Å². The van der Waals surface area contributed by atoms with Gasteiger partial charge in [0.2, 0.25) is 14.8 Å². The van der Waals surface area contributed by atoms with E-state index in [0.29, 0.717) is 19.6 Å². The first kappa shape index (κ1) is 18.3. The second-order valence-corrected chi connectivity index (χ2v) is 9.59. The quantitative estimate of drug-likeness (QED) is 0.716. The molecule has 5 atom stereocenters. The Kier molecular flexibility index (Phi) is 4.52. The first-order chi connectivity index (χ1) is 13.6. The average molecular weight is 402 g/mol. The molecule has 6 nitrogen and oxygen atoms in total. The molecule has 7 heteroatoms. The minimum absolute atomic E-state index is 0.0566. The molecule has 2 saturated heterocycles. The van der Waals surface area contributed by atoms with Gasteiger partial charge in [0.05, 0.1) is 24.2 Å². The highest BCUT2D eigenvalue weighted by Gasteiger charge is 2.76. The van der Waals surface area contributed by atoms with Gasteiger partial charge in [0.1, 0.15) is 19.0 Å². The Labute approximate surface area is 164 Å². The molecule has 0 N–H and O–H groups in total. The van der Waals surface area contributed by atoms with E-state index in [0.717, 1.165) is 5.56 Å². The van der Waals surface area contributed by atoms with Gasteiger partial charge in [-0.25, -0.2) is 8.42 Å². The van der Waals surface area contributed by atoms with E-state index in [4.69, 9.17) is 18.9 Å². The van der Waals surface area contributed by atoms with Crippen molar-refractivity contribution in [1.82, 2.24) is 0 Å². The highest BCUT2D eigenvalue weighted by atomic mass is 32.2. The third-order valence-electron chi connectivity index (χ3n) is 5.82. The van der Waals surface area contributed by atoms with Gasteiger partial charge in [0.25, 0.3) is 0 Å². The minimum atomic E-state index is -3.76. The van der Waals surface area contributed by atoms with Crippen LogP contribution >= 0.6 is 0 Å². The maximum absolute atomic E-state index is 13.6. The molecular formula is C21H22O6S. The van der Waals surface area contributed by atoms with Crippen molar-refractivity contribution in [3.8, 4) is 0 Å². The summed E-state index contributed by atoms with van der Waals surface area (Å²) in [6.07, 6.45) is -0.924. The first-order valence-electron chi connectivity index (χ1n) is 9.45. The lowest BCUT2D eigenvalue weighted by Gasteiger charge is -2.41. The number of hydrogen-bond acceptors (Lipinski definition) is 6. The Bertz CT molecular complexity index is 932. The van der Waals surface area contributed by atoms with Crippen molar-refractivity contribution >= 4 is 9.84 Å². The van der Waals surface area contributed by atoms with Crippen LogP contribution < -0.4 is 0 Å². The van der Waals surface area contributed by atoms with Crippen LogP contribution in [0.5, 0.6) is 0 Å². The van der Waals surface area contributed by atoms with Crippen LogP contribution in [-0.4, -0.2) is 45.1 Å². The summed E-state index contributed by atoms with van der Waals surface area (Å²) in [6.45, 7) is 0.955. The lowest BCUT2D eigenvalue weighted by atomic mass is 9.84. The van der Waals surface area contributed by atoms with Crippen LogP contribution in [0.3, 0.4) is 0 Å². The lowest BCUT2D eigenvalue weighted by molar-refractivity contribution is -0.220.